The van der Waals surface area contributed by atoms with E-state index >= 15 is 0 Å². The van der Waals surface area contributed by atoms with E-state index in [4.69, 9.17) is 10.5 Å². The Labute approximate surface area is 117 Å². The van der Waals surface area contributed by atoms with Gasteiger partial charge >= 0.3 is 0 Å². The van der Waals surface area contributed by atoms with E-state index in [2.05, 4.69) is 52.0 Å². The van der Waals surface area contributed by atoms with Crippen LogP contribution in [-0.4, -0.2) is 12.6 Å². The molecule has 0 aliphatic carbocycles. The van der Waals surface area contributed by atoms with Crippen molar-refractivity contribution in [1.82, 2.24) is 0 Å². The summed E-state index contributed by atoms with van der Waals surface area (Å²) in [7, 11) is 1.72. The molecule has 19 heavy (non-hydrogen) atoms. The number of hydrogen-bond donors (Lipinski definition) is 1. The zero-order valence-corrected chi connectivity index (χ0v) is 12.9. The molecule has 0 bridgehead atoms. The van der Waals surface area contributed by atoms with E-state index in [-0.39, 0.29) is 5.54 Å². The van der Waals surface area contributed by atoms with Gasteiger partial charge in [0.25, 0.3) is 0 Å². The van der Waals surface area contributed by atoms with Crippen LogP contribution in [0.1, 0.15) is 57.6 Å². The molecule has 2 heteroatoms. The molecule has 106 valence electrons. The molecule has 0 aliphatic heterocycles. The third kappa shape index (κ3) is 5.48. The molecule has 0 fully saturated rings. The Morgan fingerprint density at radius 3 is 2.53 bits per heavy atom. The Kier molecular flexibility index (Phi) is 5.61. The maximum absolute atomic E-state index is 5.97. The van der Waals surface area contributed by atoms with E-state index < -0.39 is 0 Å². The minimum atomic E-state index is -0.0899. The minimum absolute atomic E-state index is 0.0899. The molecule has 0 spiro atoms. The molecule has 0 unspecified atom stereocenters. The molecular weight excluding hydrogens is 234 g/mol. The molecule has 1 aromatic rings. The van der Waals surface area contributed by atoms with Gasteiger partial charge in [-0.3, -0.25) is 0 Å². The summed E-state index contributed by atoms with van der Waals surface area (Å²) in [6.07, 6.45) is 6.36. The van der Waals surface area contributed by atoms with Crippen LogP contribution in [0.5, 0.6) is 5.75 Å². The van der Waals surface area contributed by atoms with Crippen LogP contribution in [0.4, 0.5) is 0 Å². The predicted molar refractivity (Wildman–Crippen MR) is 83.6 cm³/mol. The Morgan fingerprint density at radius 2 is 2.00 bits per heavy atom. The Balaban J connectivity index is 2.74. The third-order valence-electron chi connectivity index (χ3n) is 3.14. The molecule has 0 aromatic heterocycles. The molecule has 2 nitrogen and oxygen atoms in total. The molecule has 0 heterocycles. The number of allylic oxidation sites excluding steroid dienone is 1. The summed E-state index contributed by atoms with van der Waals surface area (Å²) >= 11 is 0. The lowest BCUT2D eigenvalue weighted by Gasteiger charge is -2.16. The SMILES string of the molecule is COc1ccc(/C=C/CCC(C)(C)N)cc1C(C)C. The van der Waals surface area contributed by atoms with Crippen molar-refractivity contribution in [1.29, 1.82) is 0 Å². The van der Waals surface area contributed by atoms with Gasteiger partial charge in [-0.15, -0.1) is 0 Å². The second kappa shape index (κ2) is 6.76. The van der Waals surface area contributed by atoms with E-state index in [9.17, 15) is 0 Å². The second-order valence-electron chi connectivity index (χ2n) is 6.09. The van der Waals surface area contributed by atoms with Crippen LogP contribution in [-0.2, 0) is 0 Å². The normalized spacial score (nSPS) is 12.4. The van der Waals surface area contributed by atoms with E-state index in [1.807, 2.05) is 6.07 Å². The monoisotopic (exact) mass is 261 g/mol. The van der Waals surface area contributed by atoms with Gasteiger partial charge in [-0.1, -0.05) is 32.1 Å². The molecule has 0 aliphatic rings. The van der Waals surface area contributed by atoms with E-state index in [0.717, 1.165) is 18.6 Å². The molecule has 0 amide bonds. The highest BCUT2D eigenvalue weighted by atomic mass is 16.5. The molecule has 2 N–H and O–H groups in total. The van der Waals surface area contributed by atoms with Gasteiger partial charge in [-0.25, -0.2) is 0 Å². The average Bonchev–Trinajstić information content (AvgIpc) is 2.33. The number of benzene rings is 1. The molecule has 1 rings (SSSR count). The van der Waals surface area contributed by atoms with E-state index in [0.29, 0.717) is 5.92 Å². The Bertz CT molecular complexity index is 427. The topological polar surface area (TPSA) is 35.2 Å². The van der Waals surface area contributed by atoms with Crippen LogP contribution in [0.15, 0.2) is 24.3 Å². The fourth-order valence-electron chi connectivity index (χ4n) is 1.98. The average molecular weight is 261 g/mol. The van der Waals surface area contributed by atoms with Gasteiger partial charge in [-0.05, 0) is 55.9 Å². The number of nitrogens with two attached hydrogens (primary N) is 1. The first-order valence-electron chi connectivity index (χ1n) is 6.97. The smallest absolute Gasteiger partial charge is 0.122 e. The van der Waals surface area contributed by atoms with Crippen molar-refractivity contribution in [2.24, 2.45) is 5.73 Å². The molecular formula is C17H27NO. The standard InChI is InChI=1S/C17H27NO/c1-13(2)15-12-14(9-10-16(15)19-5)8-6-7-11-17(3,4)18/h6,8-10,12-13H,7,11,18H2,1-5H3/b8-6+. The van der Waals surface area contributed by atoms with Crippen molar-refractivity contribution in [2.45, 2.75) is 52.0 Å². The van der Waals surface area contributed by atoms with Crippen molar-refractivity contribution >= 4 is 6.08 Å². The summed E-state index contributed by atoms with van der Waals surface area (Å²) in [5.74, 6) is 1.43. The quantitative estimate of drug-likeness (QED) is 0.826. The van der Waals surface area contributed by atoms with Crippen molar-refractivity contribution in [3.8, 4) is 5.75 Å². The van der Waals surface area contributed by atoms with Gasteiger partial charge in [0, 0.05) is 5.54 Å². The van der Waals surface area contributed by atoms with Gasteiger partial charge in [-0.2, -0.15) is 0 Å². The number of ether oxygens (including phenoxy) is 1. The summed E-state index contributed by atoms with van der Waals surface area (Å²) in [4.78, 5) is 0. The van der Waals surface area contributed by atoms with Crippen LogP contribution in [0, 0.1) is 0 Å². The van der Waals surface area contributed by atoms with Crippen molar-refractivity contribution in [2.75, 3.05) is 7.11 Å². The molecule has 0 saturated heterocycles. The molecule has 0 saturated carbocycles. The van der Waals surface area contributed by atoms with Gasteiger partial charge in [0.15, 0.2) is 0 Å². The zero-order valence-electron chi connectivity index (χ0n) is 12.9. The summed E-state index contributed by atoms with van der Waals surface area (Å²) in [6, 6.07) is 6.34. The highest BCUT2D eigenvalue weighted by Crippen LogP contribution is 2.27. The van der Waals surface area contributed by atoms with E-state index in [1.54, 1.807) is 7.11 Å². The first kappa shape index (κ1) is 15.8. The molecule has 0 atom stereocenters. The Hall–Kier alpha value is -1.28. The molecule has 0 radical (unpaired) electrons. The first-order chi connectivity index (χ1) is 8.83. The number of rotatable bonds is 6. The fraction of sp³-hybridized carbons (Fsp3) is 0.529. The van der Waals surface area contributed by atoms with Crippen LogP contribution in [0.3, 0.4) is 0 Å². The lowest BCUT2D eigenvalue weighted by Crippen LogP contribution is -2.31. The van der Waals surface area contributed by atoms with Crippen molar-refractivity contribution in [3.63, 3.8) is 0 Å². The van der Waals surface area contributed by atoms with Gasteiger partial charge in [0.1, 0.15) is 5.75 Å². The maximum atomic E-state index is 5.97. The zero-order chi connectivity index (χ0) is 14.5. The summed E-state index contributed by atoms with van der Waals surface area (Å²) in [6.45, 7) is 8.49. The maximum Gasteiger partial charge on any atom is 0.122 e. The Morgan fingerprint density at radius 1 is 1.32 bits per heavy atom. The highest BCUT2D eigenvalue weighted by Gasteiger charge is 2.09. The fourth-order valence-corrected chi connectivity index (χ4v) is 1.98. The summed E-state index contributed by atoms with van der Waals surface area (Å²) in [5, 5.41) is 0. The van der Waals surface area contributed by atoms with Gasteiger partial charge in [0.2, 0.25) is 0 Å². The van der Waals surface area contributed by atoms with Crippen LogP contribution in [0.25, 0.3) is 6.08 Å². The largest absolute Gasteiger partial charge is 0.496 e. The van der Waals surface area contributed by atoms with Gasteiger partial charge < -0.3 is 10.5 Å². The van der Waals surface area contributed by atoms with Crippen LogP contribution < -0.4 is 10.5 Å². The van der Waals surface area contributed by atoms with Crippen LogP contribution in [0.2, 0.25) is 0 Å². The lowest BCUT2D eigenvalue weighted by molar-refractivity contribution is 0.407. The van der Waals surface area contributed by atoms with Crippen LogP contribution >= 0.6 is 0 Å². The van der Waals surface area contributed by atoms with Crippen molar-refractivity contribution < 1.29 is 4.74 Å². The van der Waals surface area contributed by atoms with Crippen molar-refractivity contribution in [3.05, 3.63) is 35.4 Å². The lowest BCUT2D eigenvalue weighted by atomic mass is 9.98. The third-order valence-corrected chi connectivity index (χ3v) is 3.14. The number of hydrogen-bond acceptors (Lipinski definition) is 2. The molecule has 1 aromatic carbocycles. The highest BCUT2D eigenvalue weighted by molar-refractivity contribution is 5.54. The second-order valence-corrected chi connectivity index (χ2v) is 6.09. The van der Waals surface area contributed by atoms with E-state index in [1.165, 1.54) is 11.1 Å². The number of methoxy groups -OCH3 is 1. The first-order valence-corrected chi connectivity index (χ1v) is 6.97. The van der Waals surface area contributed by atoms with Gasteiger partial charge in [0.05, 0.1) is 7.11 Å². The summed E-state index contributed by atoms with van der Waals surface area (Å²) in [5.41, 5.74) is 8.35. The minimum Gasteiger partial charge on any atom is -0.496 e. The summed E-state index contributed by atoms with van der Waals surface area (Å²) < 4.78 is 5.39. The predicted octanol–water partition coefficient (Wildman–Crippen LogP) is 4.35.